The number of aliphatic hydroxyl groups is 2. The number of likely N-dealkylation sites (N-methyl/N-ethyl adjacent to an activating group) is 1. The first-order chi connectivity index (χ1) is 3.66. The lowest BCUT2D eigenvalue weighted by molar-refractivity contribution is -0.0535. The minimum atomic E-state index is -1.51. The molecule has 0 aromatic carbocycles. The first kappa shape index (κ1) is 7.84. The summed E-state index contributed by atoms with van der Waals surface area (Å²) in [6, 6.07) is 0. The van der Waals surface area contributed by atoms with E-state index in [-0.39, 0.29) is 13.1 Å². The van der Waals surface area contributed by atoms with Crippen molar-refractivity contribution in [1.82, 2.24) is 5.06 Å². The largest absolute Gasteiger partial charge is 0.785 e. The Kier molecular flexibility index (Phi) is 3.72. The molecule has 0 radical (unpaired) electrons. The molecule has 0 bridgehead atoms. The van der Waals surface area contributed by atoms with Crippen LogP contribution in [0.15, 0.2) is 0 Å². The summed E-state index contributed by atoms with van der Waals surface area (Å²) in [6.45, 7) is 1.71. The van der Waals surface area contributed by atoms with Crippen LogP contribution in [-0.2, 0) is 0 Å². The molecular formula is C4H10NO3-. The van der Waals surface area contributed by atoms with Gasteiger partial charge in [0.05, 0.1) is 0 Å². The van der Waals surface area contributed by atoms with Gasteiger partial charge in [0.2, 0.25) is 0 Å². The molecular weight excluding hydrogens is 110 g/mol. The third kappa shape index (κ3) is 4.01. The molecule has 0 aliphatic heterocycles. The molecule has 0 spiro atoms. The Morgan fingerprint density at radius 3 is 2.25 bits per heavy atom. The van der Waals surface area contributed by atoms with Crippen LogP contribution in [0, 0.1) is 5.21 Å². The van der Waals surface area contributed by atoms with E-state index in [4.69, 9.17) is 10.2 Å². The average molecular weight is 120 g/mol. The average Bonchev–Trinajstić information content (AvgIpc) is 1.65. The molecule has 0 aromatic heterocycles. The summed E-state index contributed by atoms with van der Waals surface area (Å²) in [5.74, 6) is 0. The van der Waals surface area contributed by atoms with Crippen molar-refractivity contribution in [1.29, 1.82) is 0 Å². The topological polar surface area (TPSA) is 66.8 Å². The van der Waals surface area contributed by atoms with Crippen LogP contribution in [-0.4, -0.2) is 34.7 Å². The highest BCUT2D eigenvalue weighted by atomic mass is 16.5. The summed E-state index contributed by atoms with van der Waals surface area (Å²) in [6.07, 6.45) is -1.51. The van der Waals surface area contributed by atoms with E-state index in [0.717, 1.165) is 0 Å². The molecule has 0 saturated carbocycles. The van der Waals surface area contributed by atoms with Crippen molar-refractivity contribution >= 4 is 0 Å². The molecule has 0 aliphatic carbocycles. The Hall–Kier alpha value is -0.160. The van der Waals surface area contributed by atoms with Gasteiger partial charge in [-0.05, 0) is 6.54 Å². The molecule has 0 heterocycles. The Morgan fingerprint density at radius 1 is 1.62 bits per heavy atom. The van der Waals surface area contributed by atoms with Crippen molar-refractivity contribution in [2.75, 3.05) is 13.1 Å². The van der Waals surface area contributed by atoms with Gasteiger partial charge in [-0.2, -0.15) is 0 Å². The second-order valence-electron chi connectivity index (χ2n) is 1.46. The maximum absolute atomic E-state index is 10.2. The molecule has 4 heteroatoms. The van der Waals surface area contributed by atoms with Crippen molar-refractivity contribution < 1.29 is 10.2 Å². The fourth-order valence-electron chi connectivity index (χ4n) is 0.311. The number of nitrogens with zero attached hydrogens (tertiary/aromatic N) is 1. The van der Waals surface area contributed by atoms with Crippen molar-refractivity contribution in [2.45, 2.75) is 13.2 Å². The maximum atomic E-state index is 10.2. The molecule has 0 saturated heterocycles. The van der Waals surface area contributed by atoms with E-state index in [0.29, 0.717) is 5.06 Å². The van der Waals surface area contributed by atoms with E-state index in [1.165, 1.54) is 0 Å². The smallest absolute Gasteiger partial charge is 0.163 e. The Balaban J connectivity index is 3.10. The fourth-order valence-corrected chi connectivity index (χ4v) is 0.311. The minimum Gasteiger partial charge on any atom is -0.785 e. The van der Waals surface area contributed by atoms with Gasteiger partial charge in [0.25, 0.3) is 0 Å². The van der Waals surface area contributed by atoms with E-state index in [1.807, 2.05) is 0 Å². The summed E-state index contributed by atoms with van der Waals surface area (Å²) in [5, 5.41) is 27.1. The lowest BCUT2D eigenvalue weighted by Crippen LogP contribution is -2.26. The minimum absolute atomic E-state index is 0.226. The Bertz CT molecular complexity index is 57.2. The molecule has 50 valence electrons. The van der Waals surface area contributed by atoms with Gasteiger partial charge in [-0.25, -0.2) is 0 Å². The quantitative estimate of drug-likeness (QED) is 0.375. The van der Waals surface area contributed by atoms with Crippen LogP contribution in [0.1, 0.15) is 6.92 Å². The zero-order chi connectivity index (χ0) is 6.57. The third-order valence-corrected chi connectivity index (χ3v) is 0.720. The monoisotopic (exact) mass is 120 g/mol. The van der Waals surface area contributed by atoms with Crippen molar-refractivity contribution in [3.8, 4) is 0 Å². The highest BCUT2D eigenvalue weighted by molar-refractivity contribution is 4.53. The molecule has 8 heavy (non-hydrogen) atoms. The molecule has 2 N–H and O–H groups in total. The molecule has 0 fully saturated rings. The summed E-state index contributed by atoms with van der Waals surface area (Å²) < 4.78 is 0. The van der Waals surface area contributed by atoms with Gasteiger partial charge in [-0.15, -0.1) is 0 Å². The first-order valence-corrected chi connectivity index (χ1v) is 2.45. The van der Waals surface area contributed by atoms with E-state index < -0.39 is 6.29 Å². The van der Waals surface area contributed by atoms with E-state index in [1.54, 1.807) is 6.92 Å². The van der Waals surface area contributed by atoms with Crippen LogP contribution in [0.25, 0.3) is 0 Å². The summed E-state index contributed by atoms with van der Waals surface area (Å²) in [7, 11) is 0. The zero-order valence-electron chi connectivity index (χ0n) is 4.74. The highest BCUT2D eigenvalue weighted by Crippen LogP contribution is 1.83. The Morgan fingerprint density at radius 2 is 2.12 bits per heavy atom. The third-order valence-electron chi connectivity index (χ3n) is 0.720. The molecule has 0 aromatic rings. The zero-order valence-corrected chi connectivity index (χ0v) is 4.74. The second-order valence-corrected chi connectivity index (χ2v) is 1.46. The molecule has 4 nitrogen and oxygen atoms in total. The predicted octanol–water partition coefficient (Wildman–Crippen LogP) is -0.883. The summed E-state index contributed by atoms with van der Waals surface area (Å²) in [5.41, 5.74) is 0. The van der Waals surface area contributed by atoms with Crippen molar-refractivity contribution in [3.05, 3.63) is 5.21 Å². The highest BCUT2D eigenvalue weighted by Gasteiger charge is 1.94. The number of aliphatic hydroxyl groups excluding tert-OH is 1. The van der Waals surface area contributed by atoms with Crippen molar-refractivity contribution in [2.24, 2.45) is 0 Å². The SMILES string of the molecule is CCN([O-])CC(O)O. The number of hydrogen-bond acceptors (Lipinski definition) is 4. The van der Waals surface area contributed by atoms with Gasteiger partial charge in [0, 0.05) is 6.54 Å². The number of rotatable bonds is 3. The molecule has 0 unspecified atom stereocenters. The first-order valence-electron chi connectivity index (χ1n) is 2.45. The standard InChI is InChI=1S/C4H10NO3/c1-2-5(8)3-4(6)7/h4,6-7H,2-3H2,1H3/q-1. The van der Waals surface area contributed by atoms with E-state index in [9.17, 15) is 5.21 Å². The summed E-state index contributed by atoms with van der Waals surface area (Å²) >= 11 is 0. The van der Waals surface area contributed by atoms with Gasteiger partial charge >= 0.3 is 0 Å². The van der Waals surface area contributed by atoms with Crippen LogP contribution >= 0.6 is 0 Å². The van der Waals surface area contributed by atoms with Gasteiger partial charge in [0.15, 0.2) is 6.29 Å². The summed E-state index contributed by atoms with van der Waals surface area (Å²) in [4.78, 5) is 0. The van der Waals surface area contributed by atoms with Crippen LogP contribution in [0.2, 0.25) is 0 Å². The van der Waals surface area contributed by atoms with Crippen molar-refractivity contribution in [3.63, 3.8) is 0 Å². The molecule has 0 rings (SSSR count). The lowest BCUT2D eigenvalue weighted by atomic mass is 10.6. The second kappa shape index (κ2) is 3.80. The number of hydroxylamine groups is 2. The molecule has 0 amide bonds. The maximum Gasteiger partial charge on any atom is 0.163 e. The van der Waals surface area contributed by atoms with E-state index >= 15 is 0 Å². The normalized spacial score (nSPS) is 11.2. The van der Waals surface area contributed by atoms with Crippen LogP contribution in [0.4, 0.5) is 0 Å². The number of hydrogen-bond donors (Lipinski definition) is 2. The fraction of sp³-hybridized carbons (Fsp3) is 1.00. The Labute approximate surface area is 47.9 Å². The van der Waals surface area contributed by atoms with Gasteiger partial charge in [-0.3, -0.25) is 0 Å². The predicted molar refractivity (Wildman–Crippen MR) is 28.8 cm³/mol. The van der Waals surface area contributed by atoms with Gasteiger partial charge in [0.1, 0.15) is 0 Å². The van der Waals surface area contributed by atoms with Crippen LogP contribution in [0.3, 0.4) is 0 Å². The van der Waals surface area contributed by atoms with E-state index in [2.05, 4.69) is 0 Å². The van der Waals surface area contributed by atoms with Crippen LogP contribution in [0.5, 0.6) is 0 Å². The lowest BCUT2D eigenvalue weighted by Gasteiger charge is -2.26. The van der Waals surface area contributed by atoms with Gasteiger partial charge < -0.3 is 20.5 Å². The molecule has 0 atom stereocenters. The van der Waals surface area contributed by atoms with Gasteiger partial charge in [-0.1, -0.05) is 6.92 Å². The molecule has 0 aliphatic rings. The van der Waals surface area contributed by atoms with Crippen LogP contribution < -0.4 is 0 Å².